The van der Waals surface area contributed by atoms with E-state index in [2.05, 4.69) is 17.6 Å². The summed E-state index contributed by atoms with van der Waals surface area (Å²) in [5.41, 5.74) is 0.841. The number of amides is 2. The summed E-state index contributed by atoms with van der Waals surface area (Å²) in [6.45, 7) is 2.21. The van der Waals surface area contributed by atoms with Crippen LogP contribution in [-0.4, -0.2) is 12.1 Å². The van der Waals surface area contributed by atoms with Gasteiger partial charge >= 0.3 is 6.03 Å². The molecule has 0 aromatic heterocycles. The van der Waals surface area contributed by atoms with Crippen LogP contribution in [0, 0.1) is 5.92 Å². The second-order valence-electron chi connectivity index (χ2n) is 4.83. The number of anilines is 1. The third-order valence-corrected chi connectivity index (χ3v) is 3.46. The normalized spacial score (nSPS) is 24.1. The molecular weight excluding hydrogens is 212 g/mol. The van der Waals surface area contributed by atoms with Crippen molar-refractivity contribution in [2.24, 2.45) is 5.92 Å². The van der Waals surface area contributed by atoms with Gasteiger partial charge in [0.15, 0.2) is 0 Å². The largest absolute Gasteiger partial charge is 0.335 e. The molecule has 92 valence electrons. The van der Waals surface area contributed by atoms with E-state index in [1.165, 1.54) is 19.3 Å². The predicted molar refractivity (Wildman–Crippen MR) is 70.0 cm³/mol. The van der Waals surface area contributed by atoms with Gasteiger partial charge in [0, 0.05) is 11.7 Å². The van der Waals surface area contributed by atoms with E-state index >= 15 is 0 Å². The summed E-state index contributed by atoms with van der Waals surface area (Å²) in [4.78, 5) is 11.8. The van der Waals surface area contributed by atoms with Gasteiger partial charge in [-0.05, 0) is 30.9 Å². The number of carbonyl (C=O) groups is 1. The molecule has 0 radical (unpaired) electrons. The molecule has 17 heavy (non-hydrogen) atoms. The fourth-order valence-electron chi connectivity index (χ4n) is 2.39. The van der Waals surface area contributed by atoms with Crippen LogP contribution in [0.1, 0.15) is 32.6 Å². The lowest BCUT2D eigenvalue weighted by Crippen LogP contribution is -2.43. The summed E-state index contributed by atoms with van der Waals surface area (Å²) in [6, 6.07) is 9.79. The standard InChI is InChI=1S/C14H20N2O/c1-11-7-5-6-10-13(11)16-14(17)15-12-8-3-2-4-9-12/h2-4,8-9,11,13H,5-7,10H2,1H3,(H2,15,16,17)/t11-,13+/m0/s1. The molecule has 2 atom stereocenters. The van der Waals surface area contributed by atoms with E-state index in [1.807, 2.05) is 30.3 Å². The number of nitrogens with one attached hydrogen (secondary N) is 2. The maximum atomic E-state index is 11.8. The summed E-state index contributed by atoms with van der Waals surface area (Å²) in [5, 5.41) is 5.93. The Labute approximate surface area is 103 Å². The molecule has 1 aliphatic rings. The van der Waals surface area contributed by atoms with Crippen LogP contribution in [0.25, 0.3) is 0 Å². The van der Waals surface area contributed by atoms with Gasteiger partial charge in [-0.25, -0.2) is 4.79 Å². The summed E-state index contributed by atoms with van der Waals surface area (Å²) in [5.74, 6) is 0.588. The molecule has 2 rings (SSSR count). The molecule has 0 bridgehead atoms. The van der Waals surface area contributed by atoms with Crippen LogP contribution in [0.5, 0.6) is 0 Å². The van der Waals surface area contributed by atoms with Crippen molar-refractivity contribution in [2.45, 2.75) is 38.6 Å². The van der Waals surface area contributed by atoms with Crippen molar-refractivity contribution in [3.8, 4) is 0 Å². The summed E-state index contributed by atoms with van der Waals surface area (Å²) in [7, 11) is 0. The SMILES string of the molecule is C[C@H]1CCCC[C@H]1NC(=O)Nc1ccccc1. The van der Waals surface area contributed by atoms with Gasteiger partial charge in [0.25, 0.3) is 0 Å². The van der Waals surface area contributed by atoms with Crippen molar-refractivity contribution >= 4 is 11.7 Å². The fourth-order valence-corrected chi connectivity index (χ4v) is 2.39. The first kappa shape index (κ1) is 12.0. The van der Waals surface area contributed by atoms with E-state index < -0.39 is 0 Å². The Morgan fingerprint density at radius 3 is 2.59 bits per heavy atom. The number of hydrogen-bond acceptors (Lipinski definition) is 1. The van der Waals surface area contributed by atoms with Crippen LogP contribution < -0.4 is 10.6 Å². The van der Waals surface area contributed by atoms with E-state index in [0.717, 1.165) is 12.1 Å². The van der Waals surface area contributed by atoms with E-state index in [1.54, 1.807) is 0 Å². The molecule has 0 heterocycles. The van der Waals surface area contributed by atoms with Crippen LogP contribution in [0.4, 0.5) is 10.5 Å². The van der Waals surface area contributed by atoms with Gasteiger partial charge in [-0.3, -0.25) is 0 Å². The molecule has 0 saturated heterocycles. The van der Waals surface area contributed by atoms with Gasteiger partial charge in [0.2, 0.25) is 0 Å². The third-order valence-electron chi connectivity index (χ3n) is 3.46. The van der Waals surface area contributed by atoms with Crippen molar-refractivity contribution < 1.29 is 4.79 Å². The molecule has 0 spiro atoms. The Hall–Kier alpha value is -1.51. The van der Waals surface area contributed by atoms with E-state index in [-0.39, 0.29) is 6.03 Å². The molecule has 1 aliphatic carbocycles. The highest BCUT2D eigenvalue weighted by molar-refractivity contribution is 5.89. The number of carbonyl (C=O) groups excluding carboxylic acids is 1. The average Bonchev–Trinajstić information content (AvgIpc) is 2.33. The van der Waals surface area contributed by atoms with Crippen LogP contribution >= 0.6 is 0 Å². The molecule has 3 nitrogen and oxygen atoms in total. The number of para-hydroxylation sites is 1. The van der Waals surface area contributed by atoms with Crippen molar-refractivity contribution in [1.82, 2.24) is 5.32 Å². The summed E-state index contributed by atoms with van der Waals surface area (Å²) in [6.07, 6.45) is 4.83. The van der Waals surface area contributed by atoms with Gasteiger partial charge < -0.3 is 10.6 Å². The number of rotatable bonds is 2. The minimum Gasteiger partial charge on any atom is -0.335 e. The predicted octanol–water partition coefficient (Wildman–Crippen LogP) is 3.39. The number of hydrogen-bond donors (Lipinski definition) is 2. The maximum Gasteiger partial charge on any atom is 0.319 e. The zero-order chi connectivity index (χ0) is 12.1. The highest BCUT2D eigenvalue weighted by Crippen LogP contribution is 2.23. The first-order valence-electron chi connectivity index (χ1n) is 6.38. The van der Waals surface area contributed by atoms with Crippen LogP contribution in [0.15, 0.2) is 30.3 Å². The lowest BCUT2D eigenvalue weighted by atomic mass is 9.86. The second kappa shape index (κ2) is 5.71. The van der Waals surface area contributed by atoms with Gasteiger partial charge in [-0.15, -0.1) is 0 Å². The van der Waals surface area contributed by atoms with Gasteiger partial charge in [-0.2, -0.15) is 0 Å². The Morgan fingerprint density at radius 2 is 1.88 bits per heavy atom. The maximum absolute atomic E-state index is 11.8. The molecule has 3 heteroatoms. The average molecular weight is 232 g/mol. The minimum absolute atomic E-state index is 0.0880. The molecule has 1 saturated carbocycles. The summed E-state index contributed by atoms with van der Waals surface area (Å²) >= 11 is 0. The number of benzene rings is 1. The van der Waals surface area contributed by atoms with Gasteiger partial charge in [0.1, 0.15) is 0 Å². The highest BCUT2D eigenvalue weighted by Gasteiger charge is 2.22. The molecule has 0 unspecified atom stereocenters. The van der Waals surface area contributed by atoms with Crippen molar-refractivity contribution in [3.63, 3.8) is 0 Å². The summed E-state index contributed by atoms with van der Waals surface area (Å²) < 4.78 is 0. The fraction of sp³-hybridized carbons (Fsp3) is 0.500. The minimum atomic E-state index is -0.0880. The third kappa shape index (κ3) is 3.48. The monoisotopic (exact) mass is 232 g/mol. The number of urea groups is 1. The first-order valence-corrected chi connectivity index (χ1v) is 6.38. The van der Waals surface area contributed by atoms with E-state index in [0.29, 0.717) is 12.0 Å². The molecule has 2 N–H and O–H groups in total. The van der Waals surface area contributed by atoms with E-state index in [4.69, 9.17) is 0 Å². The molecule has 1 aromatic carbocycles. The Morgan fingerprint density at radius 1 is 1.18 bits per heavy atom. The van der Waals surface area contributed by atoms with E-state index in [9.17, 15) is 4.79 Å². The van der Waals surface area contributed by atoms with Crippen LogP contribution in [-0.2, 0) is 0 Å². The Bertz CT molecular complexity index is 364. The smallest absolute Gasteiger partial charge is 0.319 e. The molecule has 2 amide bonds. The lowest BCUT2D eigenvalue weighted by Gasteiger charge is -2.29. The van der Waals surface area contributed by atoms with Crippen LogP contribution in [0.3, 0.4) is 0 Å². The first-order chi connectivity index (χ1) is 8.25. The van der Waals surface area contributed by atoms with Crippen LogP contribution in [0.2, 0.25) is 0 Å². The molecule has 1 aromatic rings. The van der Waals surface area contributed by atoms with Gasteiger partial charge in [0.05, 0.1) is 0 Å². The second-order valence-corrected chi connectivity index (χ2v) is 4.83. The quantitative estimate of drug-likeness (QED) is 0.806. The molecule has 0 aliphatic heterocycles. The topological polar surface area (TPSA) is 41.1 Å². The zero-order valence-corrected chi connectivity index (χ0v) is 10.3. The van der Waals surface area contributed by atoms with Crippen molar-refractivity contribution in [1.29, 1.82) is 0 Å². The van der Waals surface area contributed by atoms with Crippen molar-refractivity contribution in [2.75, 3.05) is 5.32 Å². The Kier molecular flexibility index (Phi) is 4.02. The molecule has 1 fully saturated rings. The van der Waals surface area contributed by atoms with Gasteiger partial charge in [-0.1, -0.05) is 38.0 Å². The van der Waals surface area contributed by atoms with Crippen molar-refractivity contribution in [3.05, 3.63) is 30.3 Å². The Balaban J connectivity index is 1.84. The lowest BCUT2D eigenvalue weighted by molar-refractivity contribution is 0.232. The highest BCUT2D eigenvalue weighted by atomic mass is 16.2. The zero-order valence-electron chi connectivity index (χ0n) is 10.3. The molecular formula is C14H20N2O.